The Hall–Kier alpha value is -0.340. The lowest BCUT2D eigenvalue weighted by Gasteiger charge is -2.34. The van der Waals surface area contributed by atoms with Gasteiger partial charge in [0, 0.05) is 11.8 Å². The van der Waals surface area contributed by atoms with E-state index in [1.807, 2.05) is 0 Å². The van der Waals surface area contributed by atoms with Crippen molar-refractivity contribution in [2.75, 3.05) is 13.2 Å². The first kappa shape index (κ1) is 11.2. The fourth-order valence-electron chi connectivity index (χ4n) is 2.62. The molecule has 15 heavy (non-hydrogen) atoms. The lowest BCUT2D eigenvalue weighted by atomic mass is 9.90. The first-order chi connectivity index (χ1) is 7.29. The van der Waals surface area contributed by atoms with Gasteiger partial charge in [-0.2, -0.15) is 0 Å². The lowest BCUT2D eigenvalue weighted by Crippen LogP contribution is -2.39. The maximum absolute atomic E-state index is 5.91. The van der Waals surface area contributed by atoms with E-state index in [9.17, 15) is 0 Å². The summed E-state index contributed by atoms with van der Waals surface area (Å²) in [5.41, 5.74) is 0.136. The molecule has 0 aromatic carbocycles. The predicted octanol–water partition coefficient (Wildman–Crippen LogP) is 3.28. The number of rotatable bonds is 6. The quantitative estimate of drug-likeness (QED) is 0.495. The van der Waals surface area contributed by atoms with Crippen LogP contribution >= 0.6 is 0 Å². The number of ether oxygens (including phenoxy) is 2. The summed E-state index contributed by atoms with van der Waals surface area (Å²) in [6.45, 7) is 7.68. The minimum atomic E-state index is -0.316. The van der Waals surface area contributed by atoms with Crippen molar-refractivity contribution in [3.8, 4) is 0 Å². The molecule has 2 heteroatoms. The van der Waals surface area contributed by atoms with Crippen molar-refractivity contribution in [3.05, 3.63) is 12.7 Å². The largest absolute Gasteiger partial charge is 0.347 e. The van der Waals surface area contributed by atoms with Crippen molar-refractivity contribution in [2.45, 2.75) is 51.2 Å². The summed E-state index contributed by atoms with van der Waals surface area (Å²) in [5, 5.41) is 0. The molecule has 0 spiro atoms. The maximum atomic E-state index is 5.91. The SMILES string of the molecule is C=CC1(C2(CCCCC)OCCO2)CC1. The number of unbranched alkanes of at least 4 members (excludes halogenated alkanes) is 2. The van der Waals surface area contributed by atoms with Crippen LogP contribution in [0.4, 0.5) is 0 Å². The van der Waals surface area contributed by atoms with E-state index in [2.05, 4.69) is 19.6 Å². The second-order valence-corrected chi connectivity index (χ2v) is 4.77. The van der Waals surface area contributed by atoms with Crippen molar-refractivity contribution in [2.24, 2.45) is 5.41 Å². The molecule has 2 rings (SSSR count). The van der Waals surface area contributed by atoms with Crippen LogP contribution in [0.5, 0.6) is 0 Å². The zero-order chi connectivity index (χ0) is 10.8. The topological polar surface area (TPSA) is 18.5 Å². The first-order valence-electron chi connectivity index (χ1n) is 6.20. The molecule has 0 aromatic rings. The van der Waals surface area contributed by atoms with Gasteiger partial charge in [0.25, 0.3) is 0 Å². The molecule has 0 amide bonds. The summed E-state index contributed by atoms with van der Waals surface area (Å²) in [4.78, 5) is 0. The third-order valence-electron chi connectivity index (χ3n) is 3.80. The Labute approximate surface area is 92.6 Å². The average Bonchev–Trinajstić information content (AvgIpc) is 2.93. The summed E-state index contributed by atoms with van der Waals surface area (Å²) in [7, 11) is 0. The van der Waals surface area contributed by atoms with Crippen LogP contribution in [0.3, 0.4) is 0 Å². The summed E-state index contributed by atoms with van der Waals surface area (Å²) >= 11 is 0. The highest BCUT2D eigenvalue weighted by atomic mass is 16.7. The Bertz CT molecular complexity index is 225. The van der Waals surface area contributed by atoms with Gasteiger partial charge in [0.2, 0.25) is 0 Å². The van der Waals surface area contributed by atoms with Crippen LogP contribution in [-0.4, -0.2) is 19.0 Å². The molecule has 0 unspecified atom stereocenters. The van der Waals surface area contributed by atoms with E-state index in [0.717, 1.165) is 19.6 Å². The minimum absolute atomic E-state index is 0.136. The molecule has 2 nitrogen and oxygen atoms in total. The zero-order valence-corrected chi connectivity index (χ0v) is 9.76. The van der Waals surface area contributed by atoms with Crippen molar-refractivity contribution < 1.29 is 9.47 Å². The van der Waals surface area contributed by atoms with E-state index in [1.165, 1.54) is 32.1 Å². The van der Waals surface area contributed by atoms with E-state index in [1.54, 1.807) is 0 Å². The van der Waals surface area contributed by atoms with Gasteiger partial charge in [0.05, 0.1) is 13.2 Å². The van der Waals surface area contributed by atoms with Crippen molar-refractivity contribution >= 4 is 0 Å². The monoisotopic (exact) mass is 210 g/mol. The first-order valence-corrected chi connectivity index (χ1v) is 6.20. The molecular weight excluding hydrogens is 188 g/mol. The second-order valence-electron chi connectivity index (χ2n) is 4.77. The van der Waals surface area contributed by atoms with Gasteiger partial charge in [0.15, 0.2) is 5.79 Å². The van der Waals surface area contributed by atoms with Crippen LogP contribution in [0.1, 0.15) is 45.4 Å². The van der Waals surface area contributed by atoms with E-state index < -0.39 is 0 Å². The molecule has 2 aliphatic rings. The fourth-order valence-corrected chi connectivity index (χ4v) is 2.62. The van der Waals surface area contributed by atoms with Crippen molar-refractivity contribution in [1.82, 2.24) is 0 Å². The molecule has 0 radical (unpaired) electrons. The number of hydrogen-bond donors (Lipinski definition) is 0. The molecular formula is C13H22O2. The van der Waals surface area contributed by atoms with Crippen LogP contribution in [0.2, 0.25) is 0 Å². The second kappa shape index (κ2) is 4.26. The van der Waals surface area contributed by atoms with E-state index in [-0.39, 0.29) is 11.2 Å². The molecule has 1 heterocycles. The molecule has 0 N–H and O–H groups in total. The number of hydrogen-bond acceptors (Lipinski definition) is 2. The minimum Gasteiger partial charge on any atom is -0.347 e. The highest BCUT2D eigenvalue weighted by Crippen LogP contribution is 2.60. The van der Waals surface area contributed by atoms with Crippen LogP contribution in [0, 0.1) is 5.41 Å². The van der Waals surface area contributed by atoms with Crippen LogP contribution < -0.4 is 0 Å². The normalized spacial score (nSPS) is 26.5. The van der Waals surface area contributed by atoms with Gasteiger partial charge < -0.3 is 9.47 Å². The van der Waals surface area contributed by atoms with Crippen molar-refractivity contribution in [1.29, 1.82) is 0 Å². The fraction of sp³-hybridized carbons (Fsp3) is 0.846. The Balaban J connectivity index is 2.00. The summed E-state index contributed by atoms with van der Waals surface area (Å²) < 4.78 is 11.8. The summed E-state index contributed by atoms with van der Waals surface area (Å²) in [6.07, 6.45) is 9.17. The lowest BCUT2D eigenvalue weighted by molar-refractivity contribution is -0.199. The molecule has 0 atom stereocenters. The Morgan fingerprint density at radius 3 is 2.33 bits per heavy atom. The van der Waals surface area contributed by atoms with Crippen LogP contribution in [0.25, 0.3) is 0 Å². The zero-order valence-electron chi connectivity index (χ0n) is 9.76. The van der Waals surface area contributed by atoms with Gasteiger partial charge in [0.1, 0.15) is 0 Å². The standard InChI is InChI=1S/C13H22O2/c1-3-5-6-7-13(14-10-11-15-13)12(4-2)8-9-12/h4H,2-3,5-11H2,1H3. The predicted molar refractivity (Wildman–Crippen MR) is 60.6 cm³/mol. The molecule has 1 saturated carbocycles. The molecule has 2 fully saturated rings. The molecule has 1 aliphatic carbocycles. The Kier molecular flexibility index (Phi) is 3.17. The highest BCUT2D eigenvalue weighted by molar-refractivity contribution is 5.15. The van der Waals surface area contributed by atoms with E-state index in [0.29, 0.717) is 0 Å². The Morgan fingerprint density at radius 2 is 1.87 bits per heavy atom. The summed E-state index contributed by atoms with van der Waals surface area (Å²) in [6, 6.07) is 0. The van der Waals surface area contributed by atoms with Gasteiger partial charge in [-0.3, -0.25) is 0 Å². The van der Waals surface area contributed by atoms with Crippen LogP contribution in [-0.2, 0) is 9.47 Å². The van der Waals surface area contributed by atoms with E-state index in [4.69, 9.17) is 9.47 Å². The molecule has 1 aliphatic heterocycles. The molecule has 1 saturated heterocycles. The third-order valence-corrected chi connectivity index (χ3v) is 3.80. The van der Waals surface area contributed by atoms with Gasteiger partial charge in [-0.15, -0.1) is 6.58 Å². The third kappa shape index (κ3) is 1.85. The molecule has 0 bridgehead atoms. The summed E-state index contributed by atoms with van der Waals surface area (Å²) in [5.74, 6) is -0.316. The van der Waals surface area contributed by atoms with Gasteiger partial charge in [-0.25, -0.2) is 0 Å². The van der Waals surface area contributed by atoms with Gasteiger partial charge >= 0.3 is 0 Å². The van der Waals surface area contributed by atoms with Gasteiger partial charge in [-0.05, 0) is 19.3 Å². The van der Waals surface area contributed by atoms with Gasteiger partial charge in [-0.1, -0.05) is 25.8 Å². The van der Waals surface area contributed by atoms with Crippen LogP contribution in [0.15, 0.2) is 12.7 Å². The van der Waals surface area contributed by atoms with Crippen molar-refractivity contribution in [3.63, 3.8) is 0 Å². The average molecular weight is 210 g/mol. The Morgan fingerprint density at radius 1 is 1.20 bits per heavy atom. The molecule has 86 valence electrons. The molecule has 0 aromatic heterocycles. The van der Waals surface area contributed by atoms with E-state index >= 15 is 0 Å². The highest BCUT2D eigenvalue weighted by Gasteiger charge is 2.60. The smallest absolute Gasteiger partial charge is 0.177 e. The maximum Gasteiger partial charge on any atom is 0.177 e.